The van der Waals surface area contributed by atoms with Gasteiger partial charge in [-0.05, 0) is 19.8 Å². The first-order valence-electron chi connectivity index (χ1n) is 6.31. The van der Waals surface area contributed by atoms with Crippen LogP contribution in [0.5, 0.6) is 0 Å². The van der Waals surface area contributed by atoms with Gasteiger partial charge in [-0.2, -0.15) is 13.2 Å². The van der Waals surface area contributed by atoms with E-state index in [0.717, 1.165) is 6.20 Å². The number of hydrogen-bond donors (Lipinski definition) is 2. The number of rotatable bonds is 3. The van der Waals surface area contributed by atoms with E-state index >= 15 is 0 Å². The minimum atomic E-state index is -4.39. The molecule has 1 aliphatic rings. The lowest BCUT2D eigenvalue weighted by Gasteiger charge is -2.33. The highest BCUT2D eigenvalue weighted by Gasteiger charge is 2.46. The summed E-state index contributed by atoms with van der Waals surface area (Å²) in [4.78, 5) is 6.26. The van der Waals surface area contributed by atoms with Crippen molar-refractivity contribution in [1.29, 1.82) is 0 Å². The number of hydrogen-bond acceptors (Lipinski definition) is 3. The summed E-state index contributed by atoms with van der Waals surface area (Å²) in [5.74, 6) is -1.24. The molecule has 1 aliphatic carbocycles. The maximum atomic E-state index is 12.9. The second kappa shape index (κ2) is 5.36. The van der Waals surface area contributed by atoms with E-state index in [1.165, 1.54) is 0 Å². The summed E-state index contributed by atoms with van der Waals surface area (Å²) in [6.07, 6.45) is -2.09. The fourth-order valence-corrected chi connectivity index (χ4v) is 3.74. The third-order valence-corrected chi connectivity index (χ3v) is 4.86. The first-order chi connectivity index (χ1) is 9.20. The Bertz CT molecular complexity index is 568. The smallest absolute Gasteiger partial charge is 0.332 e. The van der Waals surface area contributed by atoms with Gasteiger partial charge in [0, 0.05) is 6.04 Å². The molecule has 2 rings (SSSR count). The average molecular weight is 311 g/mol. The molecular weight excluding hydrogens is 295 g/mol. The van der Waals surface area contributed by atoms with Crippen molar-refractivity contribution in [1.82, 2.24) is 14.7 Å². The van der Waals surface area contributed by atoms with Gasteiger partial charge < -0.3 is 4.98 Å². The van der Waals surface area contributed by atoms with Gasteiger partial charge in [-0.1, -0.05) is 12.8 Å². The largest absolute Gasteiger partial charge is 0.393 e. The van der Waals surface area contributed by atoms with Crippen LogP contribution in [0.3, 0.4) is 0 Å². The van der Waals surface area contributed by atoms with Crippen LogP contribution in [0.4, 0.5) is 13.2 Å². The van der Waals surface area contributed by atoms with E-state index in [1.54, 1.807) is 6.92 Å². The summed E-state index contributed by atoms with van der Waals surface area (Å²) < 4.78 is 65.0. The molecule has 1 heterocycles. The number of aromatic nitrogens is 2. The first-order valence-corrected chi connectivity index (χ1v) is 7.79. The quantitative estimate of drug-likeness (QED) is 0.898. The molecule has 0 amide bonds. The van der Waals surface area contributed by atoms with Crippen LogP contribution in [-0.4, -0.2) is 30.6 Å². The SMILES string of the molecule is Cc1ncc(S(=O)(=O)NC2CCCCC2C(F)(F)F)[nH]1. The van der Waals surface area contributed by atoms with Crippen LogP contribution >= 0.6 is 0 Å². The summed E-state index contributed by atoms with van der Waals surface area (Å²) in [5.41, 5.74) is 0. The van der Waals surface area contributed by atoms with Crippen molar-refractivity contribution in [2.24, 2.45) is 5.92 Å². The molecule has 114 valence electrons. The standard InChI is InChI=1S/C11H16F3N3O2S/c1-7-15-6-10(16-7)20(18,19)17-9-5-3-2-4-8(9)11(12,13)14/h6,8-9,17H,2-5H2,1H3,(H,15,16). The van der Waals surface area contributed by atoms with Crippen molar-refractivity contribution in [3.05, 3.63) is 12.0 Å². The molecule has 1 aromatic rings. The minimum Gasteiger partial charge on any atom is -0.332 e. The molecule has 1 aromatic heterocycles. The van der Waals surface area contributed by atoms with Crippen molar-refractivity contribution in [2.75, 3.05) is 0 Å². The number of aryl methyl sites for hydroxylation is 1. The Hall–Kier alpha value is -1.09. The van der Waals surface area contributed by atoms with E-state index in [9.17, 15) is 21.6 Å². The van der Waals surface area contributed by atoms with Gasteiger partial charge in [-0.15, -0.1) is 0 Å². The minimum absolute atomic E-state index is 0.0430. The number of halogens is 3. The van der Waals surface area contributed by atoms with E-state index in [2.05, 4.69) is 14.7 Å². The lowest BCUT2D eigenvalue weighted by molar-refractivity contribution is -0.187. The molecule has 2 atom stereocenters. The molecule has 0 spiro atoms. The van der Waals surface area contributed by atoms with Crippen LogP contribution in [-0.2, 0) is 10.0 Å². The van der Waals surface area contributed by atoms with Crippen molar-refractivity contribution >= 4 is 10.0 Å². The Balaban J connectivity index is 2.18. The van der Waals surface area contributed by atoms with Gasteiger partial charge in [0.2, 0.25) is 0 Å². The van der Waals surface area contributed by atoms with Crippen LogP contribution in [0.25, 0.3) is 0 Å². The Morgan fingerprint density at radius 1 is 1.35 bits per heavy atom. The predicted octanol–water partition coefficient (Wildman–Crippen LogP) is 2.12. The van der Waals surface area contributed by atoms with E-state index in [1.807, 2.05) is 0 Å². The van der Waals surface area contributed by atoms with Gasteiger partial charge in [0.25, 0.3) is 10.0 Å². The number of aromatic amines is 1. The third kappa shape index (κ3) is 3.32. The Kier molecular flexibility index (Phi) is 4.10. The number of imidazole rings is 1. The molecule has 5 nitrogen and oxygen atoms in total. The Morgan fingerprint density at radius 2 is 2.00 bits per heavy atom. The van der Waals surface area contributed by atoms with Gasteiger partial charge in [-0.3, -0.25) is 0 Å². The van der Waals surface area contributed by atoms with Crippen molar-refractivity contribution in [2.45, 2.75) is 49.9 Å². The molecule has 1 saturated carbocycles. The van der Waals surface area contributed by atoms with Crippen LogP contribution < -0.4 is 4.72 Å². The molecule has 2 unspecified atom stereocenters. The summed E-state index contributed by atoms with van der Waals surface area (Å²) in [6, 6.07) is -1.11. The number of H-pyrrole nitrogens is 1. The van der Waals surface area contributed by atoms with Crippen LogP contribution in [0.15, 0.2) is 11.2 Å². The van der Waals surface area contributed by atoms with Crippen molar-refractivity contribution < 1.29 is 21.6 Å². The fraction of sp³-hybridized carbons (Fsp3) is 0.727. The molecular formula is C11H16F3N3O2S. The molecule has 0 aromatic carbocycles. The summed E-state index contributed by atoms with van der Waals surface area (Å²) in [5, 5.41) is -0.207. The molecule has 9 heteroatoms. The molecule has 0 bridgehead atoms. The maximum Gasteiger partial charge on any atom is 0.393 e. The van der Waals surface area contributed by atoms with E-state index in [0.29, 0.717) is 18.7 Å². The number of sulfonamides is 1. The van der Waals surface area contributed by atoms with E-state index in [4.69, 9.17) is 0 Å². The number of nitrogens with zero attached hydrogens (tertiary/aromatic N) is 1. The summed E-state index contributed by atoms with van der Waals surface area (Å²) >= 11 is 0. The zero-order valence-electron chi connectivity index (χ0n) is 10.9. The summed E-state index contributed by atoms with van der Waals surface area (Å²) in [7, 11) is -4.00. The molecule has 2 N–H and O–H groups in total. The molecule has 0 aliphatic heterocycles. The highest BCUT2D eigenvalue weighted by molar-refractivity contribution is 7.89. The van der Waals surface area contributed by atoms with Crippen LogP contribution in [0, 0.1) is 12.8 Å². The molecule has 20 heavy (non-hydrogen) atoms. The topological polar surface area (TPSA) is 74.8 Å². The third-order valence-electron chi connectivity index (χ3n) is 3.46. The van der Waals surface area contributed by atoms with Crippen LogP contribution in [0.2, 0.25) is 0 Å². The predicted molar refractivity (Wildman–Crippen MR) is 65.4 cm³/mol. The highest BCUT2D eigenvalue weighted by atomic mass is 32.2. The first kappa shape index (κ1) is 15.3. The second-order valence-corrected chi connectivity index (χ2v) is 6.68. The van der Waals surface area contributed by atoms with Gasteiger partial charge in [0.1, 0.15) is 5.82 Å². The van der Waals surface area contributed by atoms with Gasteiger partial charge in [0.05, 0.1) is 12.1 Å². The van der Waals surface area contributed by atoms with Crippen LogP contribution in [0.1, 0.15) is 31.5 Å². The average Bonchev–Trinajstić information content (AvgIpc) is 2.75. The highest BCUT2D eigenvalue weighted by Crippen LogP contribution is 2.38. The second-order valence-electron chi connectivity index (χ2n) is 4.99. The summed E-state index contributed by atoms with van der Waals surface area (Å²) in [6.45, 7) is 1.57. The molecule has 0 saturated heterocycles. The Morgan fingerprint density at radius 3 is 2.55 bits per heavy atom. The van der Waals surface area contributed by atoms with Gasteiger partial charge in [-0.25, -0.2) is 18.1 Å². The Labute approximate surface area is 115 Å². The lowest BCUT2D eigenvalue weighted by atomic mass is 9.85. The monoisotopic (exact) mass is 311 g/mol. The normalized spacial score (nSPS) is 24.8. The lowest BCUT2D eigenvalue weighted by Crippen LogP contribution is -2.47. The number of alkyl halides is 3. The van der Waals surface area contributed by atoms with E-state index < -0.39 is 28.2 Å². The molecule has 0 radical (unpaired) electrons. The zero-order valence-corrected chi connectivity index (χ0v) is 11.7. The zero-order chi connectivity index (χ0) is 15.0. The fourth-order valence-electron chi connectivity index (χ4n) is 2.46. The molecule has 1 fully saturated rings. The van der Waals surface area contributed by atoms with Crippen molar-refractivity contribution in [3.8, 4) is 0 Å². The number of nitrogens with one attached hydrogen (secondary N) is 2. The van der Waals surface area contributed by atoms with E-state index in [-0.39, 0.29) is 17.9 Å². The van der Waals surface area contributed by atoms with Crippen molar-refractivity contribution in [3.63, 3.8) is 0 Å². The van der Waals surface area contributed by atoms with Gasteiger partial charge in [0.15, 0.2) is 5.03 Å². The van der Waals surface area contributed by atoms with Gasteiger partial charge >= 0.3 is 6.18 Å². The maximum absolute atomic E-state index is 12.9.